The van der Waals surface area contributed by atoms with Gasteiger partial charge in [0.2, 0.25) is 23.6 Å². The maximum atomic E-state index is 13.2. The van der Waals surface area contributed by atoms with Gasteiger partial charge >= 0.3 is 5.69 Å². The summed E-state index contributed by atoms with van der Waals surface area (Å²) in [6.45, 7) is 6.39. The van der Waals surface area contributed by atoms with Crippen LogP contribution < -0.4 is 31.5 Å². The number of para-hydroxylation sites is 1. The average Bonchev–Trinajstić information content (AvgIpc) is 3.73. The minimum Gasteiger partial charge on any atom is -0.496 e. The van der Waals surface area contributed by atoms with Gasteiger partial charge in [-0.3, -0.25) is 33.6 Å². The number of imidazole rings is 1. The summed E-state index contributed by atoms with van der Waals surface area (Å²) in [6.07, 6.45) is 7.83. The summed E-state index contributed by atoms with van der Waals surface area (Å²) in [5.74, 6) is 6.56. The minimum absolute atomic E-state index is 0.0235. The Morgan fingerprint density at radius 2 is 1.83 bits per heavy atom. The van der Waals surface area contributed by atoms with Crippen LogP contribution in [0.2, 0.25) is 0 Å². The first-order valence-electron chi connectivity index (χ1n) is 20.6. The van der Waals surface area contributed by atoms with Gasteiger partial charge in [0.05, 0.1) is 35.3 Å². The normalized spacial score (nSPS) is 20.1. The Morgan fingerprint density at radius 3 is 2.58 bits per heavy atom. The molecule has 5 heterocycles. The number of nitrogens with one attached hydrogen (secondary N) is 2. The molecule has 0 aliphatic carbocycles. The van der Waals surface area contributed by atoms with Crippen LogP contribution in [0.5, 0.6) is 11.6 Å². The molecule has 0 radical (unpaired) electrons. The molecule has 3 aliphatic rings. The predicted octanol–water partition coefficient (Wildman–Crippen LogP) is 3.37. The van der Waals surface area contributed by atoms with Crippen LogP contribution in [0.1, 0.15) is 85.8 Å². The first-order chi connectivity index (χ1) is 28.6. The number of methoxy groups -OCH3 is 1. The van der Waals surface area contributed by atoms with Crippen molar-refractivity contribution < 1.29 is 33.4 Å². The molecule has 0 spiro atoms. The zero-order valence-corrected chi connectivity index (χ0v) is 34.0. The highest BCUT2D eigenvalue weighted by atomic mass is 16.5. The van der Waals surface area contributed by atoms with Gasteiger partial charge in [-0.25, -0.2) is 9.78 Å². The van der Waals surface area contributed by atoms with E-state index in [1.54, 1.807) is 29.9 Å². The number of nitrogens with two attached hydrogens (primary N) is 1. The number of amides is 4. The lowest BCUT2D eigenvalue weighted by Crippen LogP contribution is -2.44. The Kier molecular flexibility index (Phi) is 13.0. The summed E-state index contributed by atoms with van der Waals surface area (Å²) in [7, 11) is 3.20. The number of primary amides is 1. The number of aromatic nitrogens is 3. The van der Waals surface area contributed by atoms with E-state index in [0.717, 1.165) is 69.2 Å². The standard InChI is InChI=1S/C44H53N7O8/c1-4-28-22-39(53)47-34(28)26-59-43-32-24-37(57-3)33(41(45)54)23-31(32)30(25-46-43)12-11-27-15-18-50(19-16-27)17-7-21-58-20-6-9-29-8-5-10-35-40(29)49(2)44(56)51(35)36-13-14-38(52)48-42(36)55/h5,8,10,23-25,27-28,34,36H,4,6-7,9,13-22,26H2,1-3H3,(H2,45,54)(H,47,53)(H,48,52,55)/t28-,34-,36?/m1/s1. The van der Waals surface area contributed by atoms with E-state index >= 15 is 0 Å². The number of likely N-dealkylation sites (tertiary alicyclic amines) is 1. The molecule has 2 aromatic heterocycles. The molecule has 15 nitrogen and oxygen atoms in total. The van der Waals surface area contributed by atoms with E-state index in [1.165, 1.54) is 11.7 Å². The van der Waals surface area contributed by atoms with Crippen LogP contribution >= 0.6 is 0 Å². The van der Waals surface area contributed by atoms with Crippen molar-refractivity contribution in [3.8, 4) is 23.5 Å². The molecule has 3 atom stereocenters. The minimum atomic E-state index is -0.705. The summed E-state index contributed by atoms with van der Waals surface area (Å²) in [5.41, 5.74) is 8.89. The van der Waals surface area contributed by atoms with Gasteiger partial charge in [0.1, 0.15) is 18.4 Å². The van der Waals surface area contributed by atoms with Gasteiger partial charge in [-0.15, -0.1) is 0 Å². The fraction of sp³-hybridized carbons (Fsp3) is 0.500. The van der Waals surface area contributed by atoms with E-state index in [4.69, 9.17) is 19.9 Å². The Labute approximate surface area is 342 Å². The first-order valence-corrected chi connectivity index (χ1v) is 20.6. The van der Waals surface area contributed by atoms with Gasteiger partial charge in [-0.05, 0) is 81.3 Å². The number of nitrogens with zero attached hydrogens (tertiary/aromatic N) is 4. The Balaban J connectivity index is 0.889. The molecule has 4 N–H and O–H groups in total. The molecule has 3 saturated heterocycles. The molecule has 3 aliphatic heterocycles. The number of benzene rings is 2. The number of pyridine rings is 1. The van der Waals surface area contributed by atoms with Gasteiger partial charge in [0.25, 0.3) is 5.91 Å². The number of carbonyl (C=O) groups is 4. The third-order valence-electron chi connectivity index (χ3n) is 11.9. The highest BCUT2D eigenvalue weighted by Gasteiger charge is 2.33. The van der Waals surface area contributed by atoms with Crippen molar-refractivity contribution in [2.75, 3.05) is 46.6 Å². The Morgan fingerprint density at radius 1 is 1.03 bits per heavy atom. The van der Waals surface area contributed by atoms with Crippen molar-refractivity contribution in [3.05, 3.63) is 63.7 Å². The van der Waals surface area contributed by atoms with Gasteiger partial charge in [0, 0.05) is 62.5 Å². The number of aryl methyl sites for hydroxylation is 2. The lowest BCUT2D eigenvalue weighted by molar-refractivity contribution is -0.135. The molecule has 15 heteroatoms. The van der Waals surface area contributed by atoms with Gasteiger partial charge < -0.3 is 30.2 Å². The fourth-order valence-corrected chi connectivity index (χ4v) is 8.65. The number of carbonyl (C=O) groups excluding carboxylic acids is 4. The van der Waals surface area contributed by atoms with Gasteiger partial charge in [-0.2, -0.15) is 0 Å². The van der Waals surface area contributed by atoms with Crippen LogP contribution in [-0.4, -0.2) is 95.3 Å². The summed E-state index contributed by atoms with van der Waals surface area (Å²) in [6, 6.07) is 8.36. The third-order valence-corrected chi connectivity index (χ3v) is 11.9. The topological polar surface area (TPSA) is 189 Å². The molecular formula is C44H53N7O8. The first kappa shape index (κ1) is 41.4. The molecule has 59 heavy (non-hydrogen) atoms. The summed E-state index contributed by atoms with van der Waals surface area (Å²) in [5, 5.41) is 6.71. The molecule has 0 saturated carbocycles. The molecule has 312 valence electrons. The second kappa shape index (κ2) is 18.5. The number of rotatable bonds is 15. The third kappa shape index (κ3) is 9.14. The molecule has 0 bridgehead atoms. The zero-order chi connectivity index (χ0) is 41.6. The number of ether oxygens (including phenoxy) is 3. The van der Waals surface area contributed by atoms with Crippen LogP contribution in [0.4, 0.5) is 0 Å². The highest BCUT2D eigenvalue weighted by molar-refractivity contribution is 6.03. The van der Waals surface area contributed by atoms with Crippen LogP contribution in [0.3, 0.4) is 0 Å². The van der Waals surface area contributed by atoms with Crippen molar-refractivity contribution in [2.45, 2.75) is 76.8 Å². The average molecular weight is 808 g/mol. The maximum absolute atomic E-state index is 13.2. The smallest absolute Gasteiger partial charge is 0.329 e. The van der Waals surface area contributed by atoms with Gasteiger partial charge in [-0.1, -0.05) is 37.3 Å². The second-order valence-electron chi connectivity index (χ2n) is 15.7. The monoisotopic (exact) mass is 807 g/mol. The maximum Gasteiger partial charge on any atom is 0.329 e. The second-order valence-corrected chi connectivity index (χ2v) is 15.7. The number of hydrogen-bond donors (Lipinski definition) is 3. The molecule has 3 fully saturated rings. The van der Waals surface area contributed by atoms with Crippen molar-refractivity contribution in [1.29, 1.82) is 0 Å². The van der Waals surface area contributed by atoms with Crippen LogP contribution in [0.25, 0.3) is 21.8 Å². The van der Waals surface area contributed by atoms with E-state index in [2.05, 4.69) is 39.3 Å². The van der Waals surface area contributed by atoms with Crippen molar-refractivity contribution in [3.63, 3.8) is 0 Å². The van der Waals surface area contributed by atoms with Gasteiger partial charge in [0.15, 0.2) is 0 Å². The lowest BCUT2D eigenvalue weighted by Gasteiger charge is -2.29. The van der Waals surface area contributed by atoms with E-state index < -0.39 is 17.9 Å². The Hall–Kier alpha value is -5.72. The highest BCUT2D eigenvalue weighted by Crippen LogP contribution is 2.34. The van der Waals surface area contributed by atoms with E-state index in [0.29, 0.717) is 59.5 Å². The number of piperidine rings is 2. The number of hydrogen-bond acceptors (Lipinski definition) is 10. The van der Waals surface area contributed by atoms with E-state index in [1.807, 2.05) is 18.2 Å². The van der Waals surface area contributed by atoms with Crippen LogP contribution in [-0.2, 0) is 32.6 Å². The number of imide groups is 1. The molecule has 4 aromatic rings. The van der Waals surface area contributed by atoms with Crippen LogP contribution in [0, 0.1) is 23.7 Å². The summed E-state index contributed by atoms with van der Waals surface area (Å²) < 4.78 is 20.8. The number of fused-ring (bicyclic) bond motifs is 2. The molecular weight excluding hydrogens is 755 g/mol. The molecule has 1 unspecified atom stereocenters. The molecule has 4 amide bonds. The largest absolute Gasteiger partial charge is 0.496 e. The quantitative estimate of drug-likeness (QED) is 0.0913. The lowest BCUT2D eigenvalue weighted by atomic mass is 9.96. The zero-order valence-electron chi connectivity index (χ0n) is 34.0. The Bertz CT molecular complexity index is 2370. The van der Waals surface area contributed by atoms with Crippen molar-refractivity contribution >= 4 is 45.4 Å². The SMILES string of the molecule is CC[C@@H]1CC(=O)N[C@@H]1COc1ncc(C#CC2CCN(CCCOCCCc3cccc4c3n(C)c(=O)n4C3CCC(=O)NC3=O)CC2)c2cc(C(N)=O)c(OC)cc12. The van der Waals surface area contributed by atoms with E-state index in [-0.39, 0.29) is 54.0 Å². The van der Waals surface area contributed by atoms with E-state index in [9.17, 15) is 24.0 Å². The molecule has 7 rings (SSSR count). The fourth-order valence-electron chi connectivity index (χ4n) is 8.65. The predicted molar refractivity (Wildman–Crippen MR) is 221 cm³/mol. The van der Waals surface area contributed by atoms with Crippen molar-refractivity contribution in [1.82, 2.24) is 29.7 Å². The van der Waals surface area contributed by atoms with Crippen LogP contribution in [0.15, 0.2) is 41.3 Å². The summed E-state index contributed by atoms with van der Waals surface area (Å²) in [4.78, 5) is 68.9. The summed E-state index contributed by atoms with van der Waals surface area (Å²) >= 11 is 0. The van der Waals surface area contributed by atoms with Crippen molar-refractivity contribution in [2.24, 2.45) is 24.6 Å². The molecule has 2 aromatic carbocycles.